The molecule has 3 aliphatic rings. The lowest BCUT2D eigenvalue weighted by atomic mass is 9.93. The maximum absolute atomic E-state index is 2.87. The second-order valence-corrected chi connectivity index (χ2v) is 11.8. The van der Waals surface area contributed by atoms with E-state index in [4.69, 9.17) is 0 Å². The summed E-state index contributed by atoms with van der Waals surface area (Å²) < 4.78 is 0. The first-order valence-corrected chi connectivity index (χ1v) is 14.3. The Labute approximate surface area is 195 Å². The van der Waals surface area contributed by atoms with E-state index >= 15 is 0 Å². The van der Waals surface area contributed by atoms with Crippen molar-refractivity contribution in [3.8, 4) is 0 Å². The van der Waals surface area contributed by atoms with E-state index in [1.54, 1.807) is 0 Å². The summed E-state index contributed by atoms with van der Waals surface area (Å²) in [6, 6.07) is 1.72. The molecule has 0 radical (unpaired) electrons. The molecule has 0 N–H and O–H groups in total. The second-order valence-electron chi connectivity index (χ2n) is 11.8. The van der Waals surface area contributed by atoms with E-state index in [2.05, 4.69) is 42.4 Å². The zero-order chi connectivity index (χ0) is 22.1. The molecular weight excluding hydrogens is 378 g/mol. The molecule has 1 unspecified atom stereocenters. The Balaban J connectivity index is 1.34. The average Bonchev–Trinajstić information content (AvgIpc) is 3.51. The van der Waals surface area contributed by atoms with Crippen molar-refractivity contribution in [2.75, 3.05) is 45.8 Å². The fraction of sp³-hybridized carbons (Fsp3) is 1.00. The Morgan fingerprint density at radius 1 is 0.774 bits per heavy atom. The second kappa shape index (κ2) is 12.9. The Morgan fingerprint density at radius 3 is 2.03 bits per heavy atom. The van der Waals surface area contributed by atoms with Gasteiger partial charge in [-0.2, -0.15) is 0 Å². The average molecular weight is 434 g/mol. The molecule has 3 heteroatoms. The molecule has 2 heterocycles. The van der Waals surface area contributed by atoms with Gasteiger partial charge in [0.05, 0.1) is 0 Å². The summed E-state index contributed by atoms with van der Waals surface area (Å²) in [6.45, 7) is 18.9. The van der Waals surface area contributed by atoms with Crippen molar-refractivity contribution in [1.82, 2.24) is 14.7 Å². The molecule has 31 heavy (non-hydrogen) atoms. The van der Waals surface area contributed by atoms with Crippen LogP contribution in [0.1, 0.15) is 111 Å². The molecule has 1 aliphatic carbocycles. The van der Waals surface area contributed by atoms with Crippen molar-refractivity contribution < 1.29 is 0 Å². The monoisotopic (exact) mass is 433 g/mol. The third-order valence-corrected chi connectivity index (χ3v) is 8.56. The van der Waals surface area contributed by atoms with Gasteiger partial charge in [-0.15, -0.1) is 0 Å². The van der Waals surface area contributed by atoms with Crippen LogP contribution >= 0.6 is 0 Å². The predicted molar refractivity (Wildman–Crippen MR) is 136 cm³/mol. The Morgan fingerprint density at radius 2 is 1.45 bits per heavy atom. The number of nitrogens with zero attached hydrogens (tertiary/aromatic N) is 3. The SMILES string of the molecule is CCCCCCCC(CCC)N1CCC(N2CCN(CC3(CC(C)C)CC3)CC2)CC1. The van der Waals surface area contributed by atoms with Crippen molar-refractivity contribution in [2.45, 2.75) is 123 Å². The van der Waals surface area contributed by atoms with Gasteiger partial charge in [0.15, 0.2) is 0 Å². The molecule has 3 nitrogen and oxygen atoms in total. The lowest BCUT2D eigenvalue weighted by Crippen LogP contribution is -2.54. The molecule has 0 aromatic rings. The lowest BCUT2D eigenvalue weighted by Gasteiger charge is -2.45. The molecule has 3 rings (SSSR count). The van der Waals surface area contributed by atoms with Crippen LogP contribution in [0.4, 0.5) is 0 Å². The van der Waals surface area contributed by atoms with Gasteiger partial charge < -0.3 is 9.80 Å². The van der Waals surface area contributed by atoms with Gasteiger partial charge in [0, 0.05) is 44.8 Å². The summed E-state index contributed by atoms with van der Waals surface area (Å²) in [6.07, 6.45) is 18.6. The minimum Gasteiger partial charge on any atom is -0.300 e. The Bertz CT molecular complexity index is 471. The van der Waals surface area contributed by atoms with Crippen molar-refractivity contribution in [1.29, 1.82) is 0 Å². The van der Waals surface area contributed by atoms with Crippen LogP contribution in [-0.2, 0) is 0 Å². The van der Waals surface area contributed by atoms with E-state index < -0.39 is 0 Å². The summed E-state index contributed by atoms with van der Waals surface area (Å²) in [7, 11) is 0. The minimum atomic E-state index is 0.701. The first-order valence-electron chi connectivity index (χ1n) is 14.3. The fourth-order valence-corrected chi connectivity index (χ4v) is 6.67. The predicted octanol–water partition coefficient (Wildman–Crippen LogP) is 6.42. The van der Waals surface area contributed by atoms with E-state index in [9.17, 15) is 0 Å². The highest BCUT2D eigenvalue weighted by Gasteiger charge is 2.44. The van der Waals surface area contributed by atoms with Gasteiger partial charge in [0.2, 0.25) is 0 Å². The van der Waals surface area contributed by atoms with Crippen LogP contribution in [-0.4, -0.2) is 72.6 Å². The number of unbranched alkanes of at least 4 members (excludes halogenated alkanes) is 4. The molecule has 2 aliphatic heterocycles. The first kappa shape index (κ1) is 25.5. The molecule has 0 bridgehead atoms. The van der Waals surface area contributed by atoms with Crippen molar-refractivity contribution in [3.63, 3.8) is 0 Å². The van der Waals surface area contributed by atoms with Crippen LogP contribution in [0, 0.1) is 11.3 Å². The van der Waals surface area contributed by atoms with Gasteiger partial charge >= 0.3 is 0 Å². The molecule has 0 amide bonds. The van der Waals surface area contributed by atoms with E-state index in [1.807, 2.05) is 0 Å². The number of piperazine rings is 1. The molecule has 3 fully saturated rings. The lowest BCUT2D eigenvalue weighted by molar-refractivity contribution is 0.0378. The van der Waals surface area contributed by atoms with E-state index in [1.165, 1.54) is 129 Å². The molecule has 182 valence electrons. The van der Waals surface area contributed by atoms with Gasteiger partial charge in [-0.3, -0.25) is 4.90 Å². The normalized spacial score (nSPS) is 24.7. The number of hydrogen-bond acceptors (Lipinski definition) is 3. The molecule has 0 aromatic heterocycles. The smallest absolute Gasteiger partial charge is 0.0121 e. The van der Waals surface area contributed by atoms with Crippen molar-refractivity contribution in [2.24, 2.45) is 11.3 Å². The summed E-state index contributed by atoms with van der Waals surface area (Å²) in [5.74, 6) is 0.863. The molecule has 1 atom stereocenters. The highest BCUT2D eigenvalue weighted by Crippen LogP contribution is 2.51. The number of piperidine rings is 1. The van der Waals surface area contributed by atoms with Crippen LogP contribution in [0.2, 0.25) is 0 Å². The molecule has 0 aromatic carbocycles. The van der Waals surface area contributed by atoms with E-state index in [0.717, 1.165) is 18.0 Å². The first-order chi connectivity index (χ1) is 15.0. The number of likely N-dealkylation sites (tertiary alicyclic amines) is 1. The van der Waals surface area contributed by atoms with Crippen molar-refractivity contribution in [3.05, 3.63) is 0 Å². The minimum absolute atomic E-state index is 0.701. The van der Waals surface area contributed by atoms with Gasteiger partial charge in [-0.25, -0.2) is 0 Å². The molecular formula is C28H55N3. The van der Waals surface area contributed by atoms with Gasteiger partial charge in [0.25, 0.3) is 0 Å². The van der Waals surface area contributed by atoms with Gasteiger partial charge in [-0.05, 0) is 69.4 Å². The highest BCUT2D eigenvalue weighted by molar-refractivity contribution is 4.97. The third kappa shape index (κ3) is 8.31. The summed E-state index contributed by atoms with van der Waals surface area (Å²) in [5, 5.41) is 0. The van der Waals surface area contributed by atoms with Crippen LogP contribution in [0.5, 0.6) is 0 Å². The summed E-state index contributed by atoms with van der Waals surface area (Å²) in [5.41, 5.74) is 0.701. The standard InChI is InChI=1S/C28H55N3/c1-5-7-8-9-10-12-26(11-6-2)30-17-13-27(14-18-30)31-21-19-29(20-22-31)24-28(15-16-28)23-25(3)4/h25-27H,5-24H2,1-4H3. The fourth-order valence-electron chi connectivity index (χ4n) is 6.67. The maximum atomic E-state index is 2.87. The number of hydrogen-bond donors (Lipinski definition) is 0. The number of rotatable bonds is 14. The summed E-state index contributed by atoms with van der Waals surface area (Å²) >= 11 is 0. The van der Waals surface area contributed by atoms with Gasteiger partial charge in [-0.1, -0.05) is 66.2 Å². The molecule has 1 saturated carbocycles. The topological polar surface area (TPSA) is 9.72 Å². The van der Waals surface area contributed by atoms with Crippen LogP contribution in [0.15, 0.2) is 0 Å². The van der Waals surface area contributed by atoms with E-state index in [-0.39, 0.29) is 0 Å². The maximum Gasteiger partial charge on any atom is 0.0121 e. The van der Waals surface area contributed by atoms with E-state index in [0.29, 0.717) is 5.41 Å². The Hall–Kier alpha value is -0.120. The molecule has 2 saturated heterocycles. The quantitative estimate of drug-likeness (QED) is 0.292. The third-order valence-electron chi connectivity index (χ3n) is 8.56. The van der Waals surface area contributed by atoms with Crippen molar-refractivity contribution >= 4 is 0 Å². The Kier molecular flexibility index (Phi) is 10.6. The summed E-state index contributed by atoms with van der Waals surface area (Å²) in [4.78, 5) is 8.53. The largest absolute Gasteiger partial charge is 0.300 e. The van der Waals surface area contributed by atoms with Gasteiger partial charge in [0.1, 0.15) is 0 Å². The van der Waals surface area contributed by atoms with Crippen LogP contribution in [0.25, 0.3) is 0 Å². The molecule has 0 spiro atoms. The van der Waals surface area contributed by atoms with Crippen LogP contribution in [0.3, 0.4) is 0 Å². The zero-order valence-corrected chi connectivity index (χ0v) is 21.7. The highest BCUT2D eigenvalue weighted by atomic mass is 15.3. The zero-order valence-electron chi connectivity index (χ0n) is 21.7. The van der Waals surface area contributed by atoms with Crippen LogP contribution < -0.4 is 0 Å².